The monoisotopic (exact) mass is 565 g/mol. The van der Waals surface area contributed by atoms with Gasteiger partial charge in [0.2, 0.25) is 12.7 Å². The normalized spacial score (nSPS) is 17.5. The second kappa shape index (κ2) is 14.3. The molecule has 0 saturated carbocycles. The summed E-state index contributed by atoms with van der Waals surface area (Å²) in [5, 5.41) is 32.2. The number of aromatic hydroxyl groups is 1. The van der Waals surface area contributed by atoms with Crippen molar-refractivity contribution in [3.8, 4) is 5.75 Å². The van der Waals surface area contributed by atoms with Crippen molar-refractivity contribution in [2.45, 2.75) is 70.8 Å². The van der Waals surface area contributed by atoms with Gasteiger partial charge in [0.1, 0.15) is 11.3 Å². The maximum atomic E-state index is 12.6. The van der Waals surface area contributed by atoms with Crippen molar-refractivity contribution < 1.29 is 62.9 Å². The van der Waals surface area contributed by atoms with E-state index < -0.39 is 79.8 Å². The van der Waals surface area contributed by atoms with Gasteiger partial charge in [-0.2, -0.15) is 0 Å². The summed E-state index contributed by atoms with van der Waals surface area (Å²) in [6.45, 7) is 4.47. The molecule has 1 unspecified atom stereocenters. The minimum atomic E-state index is -2.46. The van der Waals surface area contributed by atoms with Crippen LogP contribution in [0, 0.1) is 5.92 Å². The highest BCUT2D eigenvalue weighted by atomic mass is 16.7. The van der Waals surface area contributed by atoms with Crippen molar-refractivity contribution in [3.05, 3.63) is 29.3 Å². The summed E-state index contributed by atoms with van der Waals surface area (Å²) in [7, 11) is -1.74. The van der Waals surface area contributed by atoms with Crippen molar-refractivity contribution >= 4 is 42.9 Å². The third kappa shape index (κ3) is 8.18. The minimum Gasteiger partial charge on any atom is -0.508 e. The summed E-state index contributed by atoms with van der Waals surface area (Å²) in [5.41, 5.74) is -2.71. The second-order valence-electron chi connectivity index (χ2n) is 9.09. The lowest BCUT2D eigenvalue weighted by Gasteiger charge is -2.37. The van der Waals surface area contributed by atoms with Gasteiger partial charge in [0, 0.05) is 6.42 Å². The lowest BCUT2D eigenvalue weighted by Crippen LogP contribution is -2.61. The van der Waals surface area contributed by atoms with Crippen LogP contribution in [0.25, 0.3) is 0 Å². The molecule has 40 heavy (non-hydrogen) atoms. The average molecular weight is 565 g/mol. The Morgan fingerprint density at radius 1 is 1.10 bits per heavy atom. The Hall–Kier alpha value is -4.14. The number of rotatable bonds is 14. The van der Waals surface area contributed by atoms with E-state index in [1.165, 1.54) is 25.1 Å². The lowest BCUT2D eigenvalue weighted by molar-refractivity contribution is -0.175. The number of hydrogen-bond acceptors (Lipinski definition) is 11. The van der Waals surface area contributed by atoms with Crippen LogP contribution in [-0.2, 0) is 49.2 Å². The van der Waals surface area contributed by atoms with E-state index in [0.717, 1.165) is 0 Å². The van der Waals surface area contributed by atoms with Crippen LogP contribution in [0.1, 0.15) is 68.8 Å². The van der Waals surface area contributed by atoms with Crippen LogP contribution in [0.2, 0.25) is 0 Å². The molecule has 1 heterocycles. The fraction of sp³-hybridized carbons (Fsp3) is 0.520. The first kappa shape index (κ1) is 32.1. The zero-order chi connectivity index (χ0) is 30.0. The zero-order valence-electron chi connectivity index (χ0n) is 22.3. The van der Waals surface area contributed by atoms with Crippen LogP contribution in [0.5, 0.6) is 5.75 Å². The number of benzene rings is 1. The van der Waals surface area contributed by atoms with Crippen LogP contribution in [0.3, 0.4) is 0 Å². The Bertz CT molecular complexity index is 1130. The Morgan fingerprint density at radius 3 is 2.35 bits per heavy atom. The van der Waals surface area contributed by atoms with Gasteiger partial charge >= 0.3 is 31.0 Å². The van der Waals surface area contributed by atoms with E-state index in [-0.39, 0.29) is 29.9 Å². The maximum absolute atomic E-state index is 12.6. The number of carbonyl (C=O) groups is 6. The summed E-state index contributed by atoms with van der Waals surface area (Å²) < 4.78 is 20.5. The predicted octanol–water partition coefficient (Wildman–Crippen LogP) is 1.21. The molecule has 218 valence electrons. The molecule has 1 amide bonds. The molecule has 14 nitrogen and oxygen atoms in total. The smallest absolute Gasteiger partial charge is 0.508 e. The molecule has 0 aromatic heterocycles. The minimum absolute atomic E-state index is 0.0235. The fourth-order valence-electron chi connectivity index (χ4n) is 4.05. The molecule has 0 bridgehead atoms. The predicted molar refractivity (Wildman–Crippen MR) is 135 cm³/mol. The maximum Gasteiger partial charge on any atom is 0.552 e. The molecule has 0 spiro atoms. The van der Waals surface area contributed by atoms with Crippen LogP contribution < -0.4 is 5.32 Å². The molecule has 4 N–H and O–H groups in total. The molecule has 2 atom stereocenters. The Labute approximate surface area is 230 Å². The van der Waals surface area contributed by atoms with E-state index in [1.54, 1.807) is 0 Å². The molecular formula is C25H32BNO13. The summed E-state index contributed by atoms with van der Waals surface area (Å²) >= 11 is 0. The summed E-state index contributed by atoms with van der Waals surface area (Å²) in [6.07, 6.45) is -1.20. The van der Waals surface area contributed by atoms with Gasteiger partial charge in [0.15, 0.2) is 5.60 Å². The average Bonchev–Trinajstić information content (AvgIpc) is 2.89. The molecule has 1 aliphatic heterocycles. The molecule has 1 fully saturated rings. The summed E-state index contributed by atoms with van der Waals surface area (Å²) in [5.74, 6) is -8.63. The lowest BCUT2D eigenvalue weighted by atomic mass is 9.71. The Morgan fingerprint density at radius 2 is 1.77 bits per heavy atom. The van der Waals surface area contributed by atoms with E-state index in [1.807, 2.05) is 13.8 Å². The van der Waals surface area contributed by atoms with Crippen molar-refractivity contribution in [3.63, 3.8) is 0 Å². The number of aliphatic carboxylic acids is 2. The second-order valence-corrected chi connectivity index (χ2v) is 9.09. The van der Waals surface area contributed by atoms with E-state index >= 15 is 0 Å². The van der Waals surface area contributed by atoms with E-state index in [0.29, 0.717) is 12.8 Å². The van der Waals surface area contributed by atoms with Crippen molar-refractivity contribution in [2.24, 2.45) is 5.92 Å². The van der Waals surface area contributed by atoms with Gasteiger partial charge in [0.05, 0.1) is 24.7 Å². The molecule has 1 aliphatic rings. The largest absolute Gasteiger partial charge is 0.552 e. The van der Waals surface area contributed by atoms with Gasteiger partial charge in [-0.3, -0.25) is 19.2 Å². The van der Waals surface area contributed by atoms with Gasteiger partial charge in [-0.05, 0) is 30.9 Å². The number of carboxylic acid groups (broad SMARTS) is 2. The van der Waals surface area contributed by atoms with Gasteiger partial charge in [-0.25, -0.2) is 9.59 Å². The Balaban J connectivity index is 2.28. The van der Waals surface area contributed by atoms with Crippen LogP contribution in [0.4, 0.5) is 0 Å². The van der Waals surface area contributed by atoms with Crippen LogP contribution >= 0.6 is 0 Å². The summed E-state index contributed by atoms with van der Waals surface area (Å²) in [4.78, 5) is 72.4. The van der Waals surface area contributed by atoms with E-state index in [9.17, 15) is 44.1 Å². The molecule has 0 aliphatic carbocycles. The van der Waals surface area contributed by atoms with Crippen molar-refractivity contribution in [1.29, 1.82) is 0 Å². The topological polar surface area (TPSA) is 212 Å². The Kier molecular flexibility index (Phi) is 11.5. The highest BCUT2D eigenvalue weighted by Gasteiger charge is 2.54. The first-order valence-corrected chi connectivity index (χ1v) is 12.6. The molecule has 1 aromatic carbocycles. The molecule has 1 saturated heterocycles. The zero-order valence-corrected chi connectivity index (χ0v) is 22.3. The van der Waals surface area contributed by atoms with Crippen molar-refractivity contribution in [2.75, 3.05) is 6.79 Å². The quantitative estimate of drug-likeness (QED) is 0.142. The van der Waals surface area contributed by atoms with Gasteiger partial charge in [-0.1, -0.05) is 32.9 Å². The van der Waals surface area contributed by atoms with E-state index in [4.69, 9.17) is 18.8 Å². The number of carbonyl (C=O) groups excluding carboxylic acids is 4. The first-order chi connectivity index (χ1) is 18.9. The third-order valence-electron chi connectivity index (χ3n) is 6.33. The highest BCUT2D eigenvalue weighted by Crippen LogP contribution is 2.31. The first-order valence-electron chi connectivity index (χ1n) is 12.6. The molecule has 0 radical (unpaired) electrons. The van der Waals surface area contributed by atoms with Crippen molar-refractivity contribution in [1.82, 2.24) is 5.32 Å². The number of phenolic OH excluding ortho intramolecular Hbond substituents is 1. The van der Waals surface area contributed by atoms with E-state index in [2.05, 4.69) is 5.32 Å². The van der Waals surface area contributed by atoms with Gasteiger partial charge in [0.25, 0.3) is 5.97 Å². The molecular weight excluding hydrogens is 533 g/mol. The number of nitrogens with one attached hydrogen (secondary N) is 1. The van der Waals surface area contributed by atoms with Crippen LogP contribution in [0.15, 0.2) is 18.2 Å². The summed E-state index contributed by atoms with van der Waals surface area (Å²) in [6, 6.07) is 4.01. The number of ether oxygens (including phenoxy) is 2. The van der Waals surface area contributed by atoms with Crippen LogP contribution in [-0.4, -0.2) is 76.5 Å². The molecule has 1 aromatic rings. The number of para-hydroxylation sites is 1. The fourth-order valence-corrected chi connectivity index (χ4v) is 4.05. The van der Waals surface area contributed by atoms with Gasteiger partial charge < -0.3 is 39.4 Å². The molecule has 15 heteroatoms. The van der Waals surface area contributed by atoms with Gasteiger partial charge in [-0.15, -0.1) is 0 Å². The number of carboxylic acids is 2. The number of amides is 1. The SMILES string of the molecule is CCC(=O)N[C@@H](Cc1cccc(C(=O)OCOC(=O)C(CC)CC)c1O)B1OC(=O)CC(CC(=O)O)(C(=O)O)O1. The highest BCUT2D eigenvalue weighted by molar-refractivity contribution is 6.50. The molecule has 2 rings (SSSR count). The number of hydrogen-bond donors (Lipinski definition) is 4. The standard InChI is InChI=1S/C25H32BNO13/c1-4-14(5-2)22(33)37-13-38-23(34)16-9-7-8-15(21(16)32)10-17(27-18(28)6-3)26-39-20(31)12-25(40-26,24(35)36)11-19(29)30/h7-9,14,17,32H,4-6,10-13H2,1-3H3,(H,27,28)(H,29,30)(H,35,36)/t17-,25?/m0/s1. The third-order valence-corrected chi connectivity index (χ3v) is 6.33. The number of esters is 2. The number of phenols is 1.